The van der Waals surface area contributed by atoms with Crippen molar-refractivity contribution in [3.05, 3.63) is 65.7 Å². The van der Waals surface area contributed by atoms with Crippen LogP contribution in [0.1, 0.15) is 37.3 Å². The van der Waals surface area contributed by atoms with Crippen LogP contribution in [0.15, 0.2) is 54.6 Å². The highest BCUT2D eigenvalue weighted by Crippen LogP contribution is 2.62. The average molecular weight is 392 g/mol. The number of benzene rings is 2. The van der Waals surface area contributed by atoms with Gasteiger partial charge in [-0.05, 0) is 44.0 Å². The molecule has 0 amide bonds. The Morgan fingerprint density at radius 1 is 0.966 bits per heavy atom. The second-order valence-electron chi connectivity index (χ2n) is 6.66. The molecule has 1 saturated carbocycles. The minimum atomic E-state index is -1.29. The molecular weight excluding hydrogens is 368 g/mol. The van der Waals surface area contributed by atoms with Gasteiger partial charge in [0.15, 0.2) is 5.41 Å². The molecule has 0 saturated heterocycles. The van der Waals surface area contributed by atoms with Gasteiger partial charge in [-0.2, -0.15) is 0 Å². The molecule has 5 nitrogen and oxygen atoms in total. The Morgan fingerprint density at radius 3 is 2.24 bits per heavy atom. The Kier molecular flexibility index (Phi) is 6.56. The third-order valence-electron chi connectivity index (χ3n) is 4.84. The van der Waals surface area contributed by atoms with Gasteiger partial charge in [0, 0.05) is 11.5 Å². The van der Waals surface area contributed by atoms with Crippen molar-refractivity contribution in [3.63, 3.8) is 0 Å². The molecule has 1 fully saturated rings. The van der Waals surface area contributed by atoms with Crippen LogP contribution in [0.3, 0.4) is 0 Å². The van der Waals surface area contributed by atoms with Gasteiger partial charge in [0.1, 0.15) is 12.4 Å². The van der Waals surface area contributed by atoms with E-state index < -0.39 is 17.4 Å². The molecule has 0 radical (unpaired) electrons. The zero-order valence-corrected chi connectivity index (χ0v) is 16.6. The summed E-state index contributed by atoms with van der Waals surface area (Å²) in [5.74, 6) is 5.22. The molecule has 2 aromatic rings. The predicted octanol–water partition coefficient (Wildman–Crippen LogP) is 3.72. The van der Waals surface area contributed by atoms with Crippen LogP contribution >= 0.6 is 0 Å². The number of hydrogen-bond donors (Lipinski definition) is 0. The lowest BCUT2D eigenvalue weighted by Crippen LogP contribution is -2.31. The molecule has 0 spiro atoms. The number of hydrogen-bond acceptors (Lipinski definition) is 5. The average Bonchev–Trinajstić information content (AvgIpc) is 3.50. The van der Waals surface area contributed by atoms with Gasteiger partial charge in [0.2, 0.25) is 0 Å². The van der Waals surface area contributed by atoms with Crippen LogP contribution in [0, 0.1) is 17.3 Å². The first kappa shape index (κ1) is 20.5. The highest BCUT2D eigenvalue weighted by molar-refractivity contribution is 6.05. The summed E-state index contributed by atoms with van der Waals surface area (Å²) in [5.41, 5.74) is 0.409. The van der Waals surface area contributed by atoms with Crippen LogP contribution in [-0.4, -0.2) is 31.8 Å². The van der Waals surface area contributed by atoms with Gasteiger partial charge in [-0.15, -0.1) is 0 Å². The molecule has 0 bridgehead atoms. The van der Waals surface area contributed by atoms with Gasteiger partial charge in [-0.3, -0.25) is 9.59 Å². The maximum atomic E-state index is 12.6. The molecule has 29 heavy (non-hydrogen) atoms. The minimum absolute atomic E-state index is 0.199. The Morgan fingerprint density at radius 2 is 1.59 bits per heavy atom. The number of para-hydroxylation sites is 1. The van der Waals surface area contributed by atoms with E-state index in [1.54, 1.807) is 13.8 Å². The van der Waals surface area contributed by atoms with Crippen LogP contribution in [0.25, 0.3) is 0 Å². The Labute approximate surface area is 171 Å². The molecule has 1 atom stereocenters. The van der Waals surface area contributed by atoms with Gasteiger partial charge >= 0.3 is 11.9 Å². The van der Waals surface area contributed by atoms with Gasteiger partial charge in [-0.25, -0.2) is 0 Å². The van der Waals surface area contributed by atoms with E-state index in [2.05, 4.69) is 11.8 Å². The van der Waals surface area contributed by atoms with E-state index in [4.69, 9.17) is 14.2 Å². The zero-order valence-electron chi connectivity index (χ0n) is 16.6. The highest BCUT2D eigenvalue weighted by Gasteiger charge is 2.69. The van der Waals surface area contributed by atoms with E-state index in [1.165, 1.54) is 0 Å². The van der Waals surface area contributed by atoms with Crippen molar-refractivity contribution in [3.8, 4) is 17.6 Å². The third kappa shape index (κ3) is 4.43. The normalized spacial score (nSPS) is 16.1. The van der Waals surface area contributed by atoms with Crippen molar-refractivity contribution < 1.29 is 23.8 Å². The quantitative estimate of drug-likeness (QED) is 0.408. The molecule has 1 aliphatic carbocycles. The Balaban J connectivity index is 1.77. The van der Waals surface area contributed by atoms with Gasteiger partial charge < -0.3 is 14.2 Å². The zero-order chi connectivity index (χ0) is 20.7. The van der Waals surface area contributed by atoms with Crippen molar-refractivity contribution in [2.45, 2.75) is 26.2 Å². The summed E-state index contributed by atoms with van der Waals surface area (Å²) in [6, 6.07) is 17.0. The summed E-state index contributed by atoms with van der Waals surface area (Å²) in [4.78, 5) is 25.1. The van der Waals surface area contributed by atoms with E-state index in [0.29, 0.717) is 12.2 Å². The summed E-state index contributed by atoms with van der Waals surface area (Å²) in [6.07, 6.45) is 0.348. The lowest BCUT2D eigenvalue weighted by molar-refractivity contribution is -0.164. The van der Waals surface area contributed by atoms with Crippen LogP contribution in [-0.2, 0) is 19.1 Å². The summed E-state index contributed by atoms with van der Waals surface area (Å²) < 4.78 is 16.2. The molecule has 1 aliphatic rings. The smallest absolute Gasteiger partial charge is 0.324 e. The fourth-order valence-corrected chi connectivity index (χ4v) is 3.37. The molecule has 0 aliphatic heterocycles. The first-order valence-electron chi connectivity index (χ1n) is 9.73. The summed E-state index contributed by atoms with van der Waals surface area (Å²) in [5, 5.41) is 0. The number of carbonyl (C=O) groups excluding carboxylic acids is 2. The van der Waals surface area contributed by atoms with Crippen LogP contribution < -0.4 is 4.74 Å². The number of ether oxygens (including phenoxy) is 3. The van der Waals surface area contributed by atoms with E-state index in [9.17, 15) is 9.59 Å². The number of carbonyl (C=O) groups is 2. The first-order chi connectivity index (χ1) is 14.1. The Hall–Kier alpha value is -3.26. The number of rotatable bonds is 7. The van der Waals surface area contributed by atoms with Crippen LogP contribution in [0.5, 0.6) is 5.75 Å². The summed E-state index contributed by atoms with van der Waals surface area (Å²) in [6.45, 7) is 4.05. The van der Waals surface area contributed by atoms with Gasteiger partial charge in [0.05, 0.1) is 13.2 Å². The molecule has 1 unspecified atom stereocenters. The lowest BCUT2D eigenvalue weighted by Gasteiger charge is -2.16. The van der Waals surface area contributed by atoms with Crippen molar-refractivity contribution in [2.75, 3.05) is 19.8 Å². The third-order valence-corrected chi connectivity index (χ3v) is 4.84. The largest absolute Gasteiger partial charge is 0.481 e. The van der Waals surface area contributed by atoms with E-state index in [0.717, 1.165) is 11.1 Å². The molecule has 2 aromatic carbocycles. The maximum absolute atomic E-state index is 12.6. The van der Waals surface area contributed by atoms with E-state index in [1.807, 2.05) is 54.6 Å². The molecule has 5 heteroatoms. The van der Waals surface area contributed by atoms with Crippen LogP contribution in [0.2, 0.25) is 0 Å². The molecule has 150 valence electrons. The predicted molar refractivity (Wildman–Crippen MR) is 108 cm³/mol. The molecular formula is C24H24O5. The minimum Gasteiger partial charge on any atom is -0.481 e. The fraction of sp³-hybridized carbons (Fsp3) is 0.333. The van der Waals surface area contributed by atoms with Gasteiger partial charge in [0.25, 0.3) is 0 Å². The molecule has 3 rings (SSSR count). The van der Waals surface area contributed by atoms with Crippen molar-refractivity contribution in [2.24, 2.45) is 5.41 Å². The lowest BCUT2D eigenvalue weighted by atomic mass is 9.98. The topological polar surface area (TPSA) is 61.8 Å². The Bertz CT molecular complexity index is 905. The standard InChI is InChI=1S/C24H24O5/c1-3-27-22(25)24(23(26)28-4-2)17-20(24)19-14-8-9-15-21(19)29-16-10-13-18-11-6-5-7-12-18/h5-9,11-12,14-15,20H,3-4,16-17H2,1-2H3. The first-order valence-corrected chi connectivity index (χ1v) is 9.73. The van der Waals surface area contributed by atoms with Crippen molar-refractivity contribution in [1.82, 2.24) is 0 Å². The monoisotopic (exact) mass is 392 g/mol. The molecule has 0 aromatic heterocycles. The summed E-state index contributed by atoms with van der Waals surface area (Å²) in [7, 11) is 0. The highest BCUT2D eigenvalue weighted by atomic mass is 16.6. The van der Waals surface area contributed by atoms with Crippen molar-refractivity contribution in [1.29, 1.82) is 0 Å². The summed E-state index contributed by atoms with van der Waals surface area (Å²) >= 11 is 0. The van der Waals surface area contributed by atoms with E-state index >= 15 is 0 Å². The van der Waals surface area contributed by atoms with Gasteiger partial charge in [-0.1, -0.05) is 48.2 Å². The van der Waals surface area contributed by atoms with E-state index in [-0.39, 0.29) is 25.7 Å². The van der Waals surface area contributed by atoms with Crippen LogP contribution in [0.4, 0.5) is 0 Å². The molecule has 0 N–H and O–H groups in total. The fourth-order valence-electron chi connectivity index (χ4n) is 3.37. The molecule has 0 heterocycles. The SMILES string of the molecule is CCOC(=O)C1(C(=O)OCC)CC1c1ccccc1OCC#Cc1ccccc1. The second-order valence-corrected chi connectivity index (χ2v) is 6.66. The number of esters is 2. The second kappa shape index (κ2) is 9.29. The maximum Gasteiger partial charge on any atom is 0.324 e. The van der Waals surface area contributed by atoms with Crippen molar-refractivity contribution >= 4 is 11.9 Å².